The number of carbonyl (C=O) groups is 1. The van der Waals surface area contributed by atoms with Crippen LogP contribution in [0.4, 0.5) is 0 Å². The number of likely N-dealkylation sites (tertiary alicyclic amines) is 1. The Morgan fingerprint density at radius 2 is 2.25 bits per heavy atom. The Bertz CT molecular complexity index is 363. The monoisotopic (exact) mass is 284 g/mol. The van der Waals surface area contributed by atoms with E-state index in [-0.39, 0.29) is 5.60 Å². The van der Waals surface area contributed by atoms with Crippen LogP contribution in [0.3, 0.4) is 0 Å². The van der Waals surface area contributed by atoms with Crippen LogP contribution in [-0.4, -0.2) is 59.9 Å². The van der Waals surface area contributed by atoms with E-state index in [1.807, 2.05) is 6.92 Å². The maximum Gasteiger partial charge on any atom is 0.323 e. The van der Waals surface area contributed by atoms with Gasteiger partial charge in [-0.1, -0.05) is 6.92 Å². The third-order valence-electron chi connectivity index (χ3n) is 5.11. The summed E-state index contributed by atoms with van der Waals surface area (Å²) >= 11 is 0. The molecular weight excluding hydrogens is 256 g/mol. The lowest BCUT2D eigenvalue weighted by Crippen LogP contribution is -2.54. The molecule has 1 saturated carbocycles. The zero-order valence-electron chi connectivity index (χ0n) is 12.9. The quantitative estimate of drug-likeness (QED) is 0.800. The summed E-state index contributed by atoms with van der Waals surface area (Å²) in [6.07, 6.45) is 4.60. The number of carboxylic acid groups (broad SMARTS) is 1. The van der Waals surface area contributed by atoms with E-state index in [1.165, 1.54) is 0 Å². The van der Waals surface area contributed by atoms with E-state index in [0.717, 1.165) is 38.8 Å². The number of methoxy groups -OCH3 is 1. The SMILES string of the molecule is CCNC1(C(=O)O)CCC(N2CCCC(C)(OC)C2)C1. The second-order valence-electron chi connectivity index (χ2n) is 6.54. The first-order valence-electron chi connectivity index (χ1n) is 7.72. The summed E-state index contributed by atoms with van der Waals surface area (Å²) in [6.45, 7) is 6.81. The highest BCUT2D eigenvalue weighted by molar-refractivity contribution is 5.79. The van der Waals surface area contributed by atoms with Gasteiger partial charge in [0.2, 0.25) is 0 Å². The van der Waals surface area contributed by atoms with Gasteiger partial charge in [0.25, 0.3) is 0 Å². The molecule has 1 aliphatic heterocycles. The molecule has 0 amide bonds. The molecule has 2 N–H and O–H groups in total. The van der Waals surface area contributed by atoms with Crippen LogP contribution in [0.25, 0.3) is 0 Å². The van der Waals surface area contributed by atoms with Crippen molar-refractivity contribution in [2.24, 2.45) is 0 Å². The van der Waals surface area contributed by atoms with Crippen molar-refractivity contribution in [1.29, 1.82) is 0 Å². The van der Waals surface area contributed by atoms with E-state index < -0.39 is 11.5 Å². The van der Waals surface area contributed by atoms with Crippen LogP contribution in [0.5, 0.6) is 0 Å². The number of hydrogen-bond donors (Lipinski definition) is 2. The average molecular weight is 284 g/mol. The van der Waals surface area contributed by atoms with Crippen molar-refractivity contribution in [3.8, 4) is 0 Å². The molecule has 5 heteroatoms. The molecule has 1 saturated heterocycles. The molecule has 0 spiro atoms. The first-order valence-corrected chi connectivity index (χ1v) is 7.72. The minimum atomic E-state index is -0.722. The van der Waals surface area contributed by atoms with Crippen molar-refractivity contribution in [2.45, 2.75) is 63.1 Å². The number of carboxylic acids is 1. The van der Waals surface area contributed by atoms with Gasteiger partial charge >= 0.3 is 5.97 Å². The van der Waals surface area contributed by atoms with Crippen LogP contribution in [-0.2, 0) is 9.53 Å². The standard InChI is InChI=1S/C15H28N2O3/c1-4-16-15(13(18)19)8-6-12(10-15)17-9-5-7-14(2,11-17)20-3/h12,16H,4-11H2,1-3H3,(H,18,19). The minimum Gasteiger partial charge on any atom is -0.480 e. The summed E-state index contributed by atoms with van der Waals surface area (Å²) in [6, 6.07) is 0.361. The van der Waals surface area contributed by atoms with Crippen LogP contribution >= 0.6 is 0 Å². The van der Waals surface area contributed by atoms with Crippen LogP contribution in [0, 0.1) is 0 Å². The Balaban J connectivity index is 2.03. The third kappa shape index (κ3) is 3.00. The number of piperidine rings is 1. The Morgan fingerprint density at radius 1 is 1.50 bits per heavy atom. The molecule has 2 aliphatic rings. The summed E-state index contributed by atoms with van der Waals surface area (Å²) in [5, 5.41) is 12.8. The fourth-order valence-corrected chi connectivity index (χ4v) is 3.82. The second kappa shape index (κ2) is 6.00. The van der Waals surface area contributed by atoms with Crippen molar-refractivity contribution in [3.05, 3.63) is 0 Å². The molecule has 2 rings (SSSR count). The molecule has 116 valence electrons. The molecule has 0 bridgehead atoms. The van der Waals surface area contributed by atoms with Gasteiger partial charge in [0.05, 0.1) is 5.60 Å². The summed E-state index contributed by atoms with van der Waals surface area (Å²) in [5.41, 5.74) is -0.800. The van der Waals surface area contributed by atoms with Crippen LogP contribution in [0.1, 0.15) is 46.0 Å². The molecule has 5 nitrogen and oxygen atoms in total. The van der Waals surface area contributed by atoms with Gasteiger partial charge in [-0.2, -0.15) is 0 Å². The summed E-state index contributed by atoms with van der Waals surface area (Å²) in [4.78, 5) is 14.1. The fraction of sp³-hybridized carbons (Fsp3) is 0.933. The number of nitrogens with zero attached hydrogens (tertiary/aromatic N) is 1. The van der Waals surface area contributed by atoms with Gasteiger partial charge in [0, 0.05) is 19.7 Å². The van der Waals surface area contributed by atoms with Gasteiger partial charge in [-0.05, 0) is 52.1 Å². The number of aliphatic carboxylic acids is 1. The molecule has 2 fully saturated rings. The first-order chi connectivity index (χ1) is 9.45. The Kier molecular flexibility index (Phi) is 4.72. The predicted molar refractivity (Wildman–Crippen MR) is 77.9 cm³/mol. The van der Waals surface area contributed by atoms with Gasteiger partial charge in [0.1, 0.15) is 5.54 Å². The third-order valence-corrected chi connectivity index (χ3v) is 5.11. The zero-order valence-corrected chi connectivity index (χ0v) is 12.9. The zero-order chi connectivity index (χ0) is 14.8. The lowest BCUT2D eigenvalue weighted by molar-refractivity contribution is -0.144. The van der Waals surface area contributed by atoms with E-state index in [1.54, 1.807) is 7.11 Å². The van der Waals surface area contributed by atoms with E-state index in [0.29, 0.717) is 19.0 Å². The van der Waals surface area contributed by atoms with Gasteiger partial charge in [-0.25, -0.2) is 0 Å². The van der Waals surface area contributed by atoms with Gasteiger partial charge < -0.3 is 15.2 Å². The van der Waals surface area contributed by atoms with E-state index in [9.17, 15) is 9.90 Å². The Morgan fingerprint density at radius 3 is 2.85 bits per heavy atom. The molecule has 0 radical (unpaired) electrons. The molecule has 3 atom stereocenters. The van der Waals surface area contributed by atoms with E-state index in [4.69, 9.17) is 4.74 Å². The smallest absolute Gasteiger partial charge is 0.323 e. The molecule has 1 aliphatic carbocycles. The molecule has 3 unspecified atom stereocenters. The fourth-order valence-electron chi connectivity index (χ4n) is 3.82. The largest absolute Gasteiger partial charge is 0.480 e. The van der Waals surface area contributed by atoms with Crippen LogP contribution < -0.4 is 5.32 Å². The van der Waals surface area contributed by atoms with Crippen molar-refractivity contribution in [3.63, 3.8) is 0 Å². The first kappa shape index (κ1) is 15.7. The summed E-state index contributed by atoms with van der Waals surface area (Å²) in [5.74, 6) is -0.701. The maximum atomic E-state index is 11.6. The van der Waals surface area contributed by atoms with Gasteiger partial charge in [-0.3, -0.25) is 9.69 Å². The lowest BCUT2D eigenvalue weighted by atomic mass is 9.92. The number of rotatable bonds is 5. The minimum absolute atomic E-state index is 0.0785. The molecule has 0 aromatic heterocycles. The number of nitrogens with one attached hydrogen (secondary N) is 1. The second-order valence-corrected chi connectivity index (χ2v) is 6.54. The highest BCUT2D eigenvalue weighted by atomic mass is 16.5. The van der Waals surface area contributed by atoms with Crippen molar-refractivity contribution in [2.75, 3.05) is 26.7 Å². The molecule has 1 heterocycles. The Hall–Kier alpha value is -0.650. The van der Waals surface area contributed by atoms with Crippen LogP contribution in [0.15, 0.2) is 0 Å². The molecule has 0 aromatic carbocycles. The van der Waals surface area contributed by atoms with E-state index in [2.05, 4.69) is 17.1 Å². The van der Waals surface area contributed by atoms with Crippen molar-refractivity contribution >= 4 is 5.97 Å². The normalized spacial score (nSPS) is 39.0. The van der Waals surface area contributed by atoms with E-state index >= 15 is 0 Å². The highest BCUT2D eigenvalue weighted by Gasteiger charge is 2.47. The topological polar surface area (TPSA) is 61.8 Å². The van der Waals surface area contributed by atoms with Crippen molar-refractivity contribution < 1.29 is 14.6 Å². The average Bonchev–Trinajstić information content (AvgIpc) is 2.85. The molecule has 20 heavy (non-hydrogen) atoms. The highest BCUT2D eigenvalue weighted by Crippen LogP contribution is 2.36. The lowest BCUT2D eigenvalue weighted by Gasteiger charge is -2.42. The summed E-state index contributed by atoms with van der Waals surface area (Å²) in [7, 11) is 1.78. The van der Waals surface area contributed by atoms with Crippen LogP contribution in [0.2, 0.25) is 0 Å². The van der Waals surface area contributed by atoms with Crippen molar-refractivity contribution in [1.82, 2.24) is 10.2 Å². The summed E-state index contributed by atoms with van der Waals surface area (Å²) < 4.78 is 5.64. The predicted octanol–water partition coefficient (Wildman–Crippen LogP) is 1.47. The number of ether oxygens (including phenoxy) is 1. The molecular formula is C15H28N2O3. The van der Waals surface area contributed by atoms with Gasteiger partial charge in [0.15, 0.2) is 0 Å². The number of likely N-dealkylation sites (N-methyl/N-ethyl adjacent to an activating group) is 1. The van der Waals surface area contributed by atoms with Gasteiger partial charge in [-0.15, -0.1) is 0 Å². The number of hydrogen-bond acceptors (Lipinski definition) is 4. The molecule has 0 aromatic rings. The Labute approximate surface area is 121 Å². The maximum absolute atomic E-state index is 11.6.